The van der Waals surface area contributed by atoms with E-state index in [1.807, 2.05) is 0 Å². The molecule has 0 bridgehead atoms. The lowest BCUT2D eigenvalue weighted by Crippen LogP contribution is -2.41. The van der Waals surface area contributed by atoms with Crippen LogP contribution in [0.5, 0.6) is 0 Å². The molecular formula is C31H30BN3O2. The van der Waals surface area contributed by atoms with Crippen LogP contribution in [0, 0.1) is 0 Å². The van der Waals surface area contributed by atoms with Gasteiger partial charge in [-0.1, -0.05) is 54.6 Å². The van der Waals surface area contributed by atoms with Crippen LogP contribution >= 0.6 is 0 Å². The summed E-state index contributed by atoms with van der Waals surface area (Å²) in [4.78, 5) is 0. The third kappa shape index (κ3) is 3.37. The first kappa shape index (κ1) is 22.6. The van der Waals surface area contributed by atoms with Gasteiger partial charge in [0, 0.05) is 28.6 Å². The SMILES string of the molecule is CC1(C)OB(c2cccc(N3NCc4c3ccc3c5ccccc5n(-c5ccccc5)c43)c2)OC1(C)C. The summed E-state index contributed by atoms with van der Waals surface area (Å²) in [5, 5.41) is 4.73. The quantitative estimate of drug-likeness (QED) is 0.306. The van der Waals surface area contributed by atoms with Crippen molar-refractivity contribution in [2.45, 2.75) is 45.4 Å². The Labute approximate surface area is 217 Å². The second-order valence-corrected chi connectivity index (χ2v) is 11.0. The summed E-state index contributed by atoms with van der Waals surface area (Å²) >= 11 is 0. The van der Waals surface area contributed by atoms with E-state index in [9.17, 15) is 0 Å². The highest BCUT2D eigenvalue weighted by atomic mass is 16.7. The van der Waals surface area contributed by atoms with Gasteiger partial charge in [0.25, 0.3) is 0 Å². The highest BCUT2D eigenvalue weighted by molar-refractivity contribution is 6.62. The number of rotatable bonds is 3. The largest absolute Gasteiger partial charge is 0.494 e. The molecule has 4 aromatic carbocycles. The average Bonchev–Trinajstić information content (AvgIpc) is 3.54. The number of hydrogen-bond donors (Lipinski definition) is 1. The predicted octanol–water partition coefficient (Wildman–Crippen LogP) is 6.24. The van der Waals surface area contributed by atoms with Gasteiger partial charge < -0.3 is 13.9 Å². The van der Waals surface area contributed by atoms with Crippen molar-refractivity contribution in [3.8, 4) is 5.69 Å². The van der Waals surface area contributed by atoms with Crippen molar-refractivity contribution in [3.63, 3.8) is 0 Å². The molecular weight excluding hydrogens is 457 g/mol. The van der Waals surface area contributed by atoms with Crippen molar-refractivity contribution in [3.05, 3.63) is 96.6 Å². The van der Waals surface area contributed by atoms with Gasteiger partial charge in [-0.25, -0.2) is 5.43 Å². The van der Waals surface area contributed by atoms with Crippen LogP contribution in [0.15, 0.2) is 91.0 Å². The number of fused-ring (bicyclic) bond motifs is 5. The first-order valence-electron chi connectivity index (χ1n) is 12.9. The summed E-state index contributed by atoms with van der Waals surface area (Å²) in [6.45, 7) is 9.10. The first-order valence-corrected chi connectivity index (χ1v) is 12.9. The topological polar surface area (TPSA) is 38.7 Å². The maximum Gasteiger partial charge on any atom is 0.494 e. The van der Waals surface area contributed by atoms with Gasteiger partial charge in [0.1, 0.15) is 0 Å². The Balaban J connectivity index is 1.35. The van der Waals surface area contributed by atoms with Crippen LogP contribution in [-0.4, -0.2) is 22.9 Å². The number of hydrogen-bond acceptors (Lipinski definition) is 4. The number of hydrazine groups is 1. The van der Waals surface area contributed by atoms with E-state index < -0.39 is 7.12 Å². The molecule has 1 fully saturated rings. The summed E-state index contributed by atoms with van der Waals surface area (Å²) in [7, 11) is -0.393. The fraction of sp³-hybridized carbons (Fsp3) is 0.226. The summed E-state index contributed by atoms with van der Waals surface area (Å²) in [5.74, 6) is 0. The minimum absolute atomic E-state index is 0.372. The highest BCUT2D eigenvalue weighted by Gasteiger charge is 2.51. The number of aromatic nitrogens is 1. The fourth-order valence-electron chi connectivity index (χ4n) is 5.61. The van der Waals surface area contributed by atoms with Gasteiger partial charge in [-0.2, -0.15) is 0 Å². The van der Waals surface area contributed by atoms with Gasteiger partial charge in [0.15, 0.2) is 0 Å². The van der Waals surface area contributed by atoms with Crippen molar-refractivity contribution in [1.29, 1.82) is 0 Å². The third-order valence-electron chi connectivity index (χ3n) is 8.24. The number of para-hydroxylation sites is 2. The summed E-state index contributed by atoms with van der Waals surface area (Å²) in [5.41, 5.74) is 11.1. The molecule has 1 aromatic heterocycles. The standard InChI is InChI=1S/C31H30BN3O2/c1-30(2)31(3,4)37-32(36-30)21-11-10-14-23(19-21)35-28-18-17-25-24-15-8-9-16-27(24)34(22-12-6-5-7-13-22)29(25)26(28)20-33-35/h5-19,33H,20H2,1-4H3. The molecule has 5 aromatic rings. The normalized spacial score (nSPS) is 18.2. The number of nitrogens with one attached hydrogen (secondary N) is 1. The van der Waals surface area contributed by atoms with Crippen molar-refractivity contribution < 1.29 is 9.31 Å². The Morgan fingerprint density at radius 3 is 2.22 bits per heavy atom. The molecule has 37 heavy (non-hydrogen) atoms. The Kier molecular flexibility index (Phi) is 4.86. The molecule has 0 aliphatic carbocycles. The smallest absolute Gasteiger partial charge is 0.399 e. The minimum atomic E-state index is -0.393. The summed E-state index contributed by atoms with van der Waals surface area (Å²) in [6, 6.07) is 32.3. The van der Waals surface area contributed by atoms with Crippen LogP contribution in [0.25, 0.3) is 27.5 Å². The van der Waals surface area contributed by atoms with Crippen molar-refractivity contribution in [1.82, 2.24) is 9.99 Å². The maximum absolute atomic E-state index is 6.33. The van der Waals surface area contributed by atoms with E-state index in [1.165, 1.54) is 38.7 Å². The van der Waals surface area contributed by atoms with Crippen LogP contribution in [0.4, 0.5) is 11.4 Å². The van der Waals surface area contributed by atoms with Crippen LogP contribution < -0.4 is 15.9 Å². The third-order valence-corrected chi connectivity index (χ3v) is 8.24. The van der Waals surface area contributed by atoms with Crippen LogP contribution in [0.1, 0.15) is 33.3 Å². The van der Waals surface area contributed by atoms with E-state index in [0.29, 0.717) is 0 Å². The molecule has 0 unspecified atom stereocenters. The zero-order chi connectivity index (χ0) is 25.4. The second-order valence-electron chi connectivity index (χ2n) is 11.0. The fourth-order valence-corrected chi connectivity index (χ4v) is 5.61. The zero-order valence-corrected chi connectivity index (χ0v) is 21.7. The molecule has 6 heteroatoms. The molecule has 0 spiro atoms. The molecule has 184 valence electrons. The Morgan fingerprint density at radius 1 is 0.730 bits per heavy atom. The van der Waals surface area contributed by atoms with Gasteiger partial charge in [0.05, 0.1) is 33.6 Å². The van der Waals surface area contributed by atoms with Crippen molar-refractivity contribution in [2.24, 2.45) is 0 Å². The molecule has 3 heterocycles. The van der Waals surface area contributed by atoms with Crippen molar-refractivity contribution >= 4 is 45.8 Å². The number of benzene rings is 4. The molecule has 2 aliphatic heterocycles. The Morgan fingerprint density at radius 2 is 1.43 bits per heavy atom. The molecule has 7 rings (SSSR count). The average molecular weight is 487 g/mol. The molecule has 0 atom stereocenters. The highest BCUT2D eigenvalue weighted by Crippen LogP contribution is 2.42. The van der Waals surface area contributed by atoms with Crippen LogP contribution in [0.2, 0.25) is 0 Å². The molecule has 0 radical (unpaired) electrons. The molecule has 1 saturated heterocycles. The predicted molar refractivity (Wildman–Crippen MR) is 152 cm³/mol. The first-order chi connectivity index (χ1) is 17.8. The van der Waals surface area contributed by atoms with Crippen molar-refractivity contribution in [2.75, 3.05) is 5.01 Å². The summed E-state index contributed by atoms with van der Waals surface area (Å²) < 4.78 is 15.1. The van der Waals surface area contributed by atoms with E-state index in [-0.39, 0.29) is 11.2 Å². The number of nitrogens with zero attached hydrogens (tertiary/aromatic N) is 2. The van der Waals surface area contributed by atoms with Gasteiger partial charge >= 0.3 is 7.12 Å². The van der Waals surface area contributed by atoms with Crippen LogP contribution in [-0.2, 0) is 15.9 Å². The van der Waals surface area contributed by atoms with E-state index in [2.05, 4.69) is 134 Å². The molecule has 1 N–H and O–H groups in total. The molecule has 0 amide bonds. The minimum Gasteiger partial charge on any atom is -0.399 e. The van der Waals surface area contributed by atoms with E-state index in [1.54, 1.807) is 0 Å². The Hall–Kier alpha value is -3.58. The maximum atomic E-state index is 6.33. The van der Waals surface area contributed by atoms with E-state index in [0.717, 1.165) is 17.7 Å². The van der Waals surface area contributed by atoms with Gasteiger partial charge in [-0.05, 0) is 69.6 Å². The monoisotopic (exact) mass is 487 g/mol. The van der Waals surface area contributed by atoms with E-state index in [4.69, 9.17) is 9.31 Å². The lowest BCUT2D eigenvalue weighted by molar-refractivity contribution is 0.00578. The lowest BCUT2D eigenvalue weighted by atomic mass is 9.79. The van der Waals surface area contributed by atoms with E-state index >= 15 is 0 Å². The molecule has 2 aliphatic rings. The van der Waals surface area contributed by atoms with Gasteiger partial charge in [-0.15, -0.1) is 0 Å². The molecule has 5 nitrogen and oxygen atoms in total. The summed E-state index contributed by atoms with van der Waals surface area (Å²) in [6.07, 6.45) is 0. The Bertz CT molecular complexity index is 1640. The zero-order valence-electron chi connectivity index (χ0n) is 21.7. The van der Waals surface area contributed by atoms with Gasteiger partial charge in [-0.3, -0.25) is 5.01 Å². The van der Waals surface area contributed by atoms with Gasteiger partial charge in [0.2, 0.25) is 0 Å². The number of anilines is 2. The molecule has 0 saturated carbocycles. The second kappa shape index (κ2) is 7.96. The van der Waals surface area contributed by atoms with Crippen LogP contribution in [0.3, 0.4) is 0 Å². The lowest BCUT2D eigenvalue weighted by Gasteiger charge is -2.32.